The van der Waals surface area contributed by atoms with Crippen LogP contribution in [-0.4, -0.2) is 47.9 Å². The lowest BCUT2D eigenvalue weighted by Gasteiger charge is -2.26. The molecule has 186 valence electrons. The molecule has 1 aromatic heterocycles. The minimum atomic E-state index is -4.10. The van der Waals surface area contributed by atoms with Gasteiger partial charge < -0.3 is 18.7 Å². The number of benzene rings is 1. The van der Waals surface area contributed by atoms with Gasteiger partial charge in [-0.2, -0.15) is 0 Å². The van der Waals surface area contributed by atoms with Crippen LogP contribution in [0.1, 0.15) is 32.9 Å². The summed E-state index contributed by atoms with van der Waals surface area (Å²) >= 11 is 0. The number of para-hydroxylation sites is 1. The van der Waals surface area contributed by atoms with E-state index in [2.05, 4.69) is 4.98 Å². The number of hydrogen-bond acceptors (Lipinski definition) is 9. The molecule has 11 nitrogen and oxygen atoms in total. The summed E-state index contributed by atoms with van der Waals surface area (Å²) in [6, 6.07) is 9.85. The second-order valence-corrected chi connectivity index (χ2v) is 9.73. The van der Waals surface area contributed by atoms with Gasteiger partial charge in [0.25, 0.3) is 5.56 Å². The molecule has 34 heavy (non-hydrogen) atoms. The first-order valence-corrected chi connectivity index (χ1v) is 12.7. The van der Waals surface area contributed by atoms with E-state index in [9.17, 15) is 14.2 Å². The summed E-state index contributed by atoms with van der Waals surface area (Å²) in [6.07, 6.45) is -0.0108. The number of H-pyrrole nitrogens is 1. The molecular weight excluding hydrogens is 467 g/mol. The third-order valence-electron chi connectivity index (χ3n) is 5.58. The fourth-order valence-corrected chi connectivity index (χ4v) is 5.40. The highest BCUT2D eigenvalue weighted by Crippen LogP contribution is 2.52. The topological polar surface area (TPSA) is 127 Å². The summed E-state index contributed by atoms with van der Waals surface area (Å²) in [5, 5.41) is 0. The van der Waals surface area contributed by atoms with Crippen molar-refractivity contribution in [1.82, 2.24) is 9.55 Å². The lowest BCUT2D eigenvalue weighted by molar-refractivity contribution is -0.119. The third kappa shape index (κ3) is 6.04. The van der Waals surface area contributed by atoms with Crippen molar-refractivity contribution in [3.05, 3.63) is 63.4 Å². The molecule has 2 aliphatic rings. The summed E-state index contributed by atoms with van der Waals surface area (Å²) < 4.78 is 49.2. The van der Waals surface area contributed by atoms with Crippen LogP contribution >= 0.6 is 7.82 Å². The number of aromatic nitrogens is 2. The molecular formula is C22H29N2O9P. The summed E-state index contributed by atoms with van der Waals surface area (Å²) in [7, 11) is -4.10. The average Bonchev–Trinajstić information content (AvgIpc) is 3.47. The molecule has 2 aromatic rings. The molecule has 5 atom stereocenters. The third-order valence-corrected chi connectivity index (χ3v) is 7.00. The van der Waals surface area contributed by atoms with E-state index >= 15 is 0 Å². The maximum absolute atomic E-state index is 13.7. The Morgan fingerprint density at radius 1 is 1.18 bits per heavy atom. The zero-order chi connectivity index (χ0) is 24.1. The number of aromatic amines is 1. The molecule has 1 unspecified atom stereocenters. The predicted octanol–water partition coefficient (Wildman–Crippen LogP) is 2.83. The number of rotatable bonds is 10. The van der Waals surface area contributed by atoms with Gasteiger partial charge in [0.05, 0.1) is 25.9 Å². The number of phosphoric ester groups is 1. The van der Waals surface area contributed by atoms with Gasteiger partial charge in [-0.15, -0.1) is 0 Å². The van der Waals surface area contributed by atoms with Crippen molar-refractivity contribution in [1.29, 1.82) is 0 Å². The quantitative estimate of drug-likeness (QED) is 0.494. The number of nitrogens with one attached hydrogen (secondary N) is 1. The van der Waals surface area contributed by atoms with Crippen molar-refractivity contribution in [2.75, 3.05) is 19.8 Å². The first kappa shape index (κ1) is 24.8. The smallest absolute Gasteiger partial charge is 0.404 e. The zero-order valence-electron chi connectivity index (χ0n) is 19.0. The van der Waals surface area contributed by atoms with Gasteiger partial charge in [0, 0.05) is 18.2 Å². The zero-order valence-corrected chi connectivity index (χ0v) is 19.9. The van der Waals surface area contributed by atoms with E-state index < -0.39 is 43.8 Å². The highest BCUT2D eigenvalue weighted by atomic mass is 31.2. The van der Waals surface area contributed by atoms with E-state index in [0.29, 0.717) is 31.8 Å². The summed E-state index contributed by atoms with van der Waals surface area (Å²) in [5.41, 5.74) is -1.04. The Balaban J connectivity index is 1.46. The second kappa shape index (κ2) is 11.0. The minimum Gasteiger partial charge on any atom is -0.404 e. The number of ether oxygens (including phenoxy) is 3. The summed E-state index contributed by atoms with van der Waals surface area (Å²) in [6.45, 7) is 4.53. The number of phosphoric acid groups is 1. The van der Waals surface area contributed by atoms with Crippen LogP contribution < -0.4 is 15.8 Å². The molecule has 0 amide bonds. The number of nitrogens with zero attached hydrogens (tertiary/aromatic N) is 1. The highest BCUT2D eigenvalue weighted by molar-refractivity contribution is 7.49. The fourth-order valence-electron chi connectivity index (χ4n) is 3.93. The molecule has 0 aliphatic carbocycles. The van der Waals surface area contributed by atoms with Crippen LogP contribution in [0.4, 0.5) is 0 Å². The minimum absolute atomic E-state index is 0.0590. The van der Waals surface area contributed by atoms with Crippen LogP contribution in [0.15, 0.2) is 52.2 Å². The summed E-state index contributed by atoms with van der Waals surface area (Å²) in [4.78, 5) is 25.8. The second-order valence-electron chi connectivity index (χ2n) is 8.19. The monoisotopic (exact) mass is 496 g/mol. The molecule has 0 bridgehead atoms. The molecule has 0 radical (unpaired) electrons. The van der Waals surface area contributed by atoms with Crippen molar-refractivity contribution in [2.45, 2.75) is 51.4 Å². The Morgan fingerprint density at radius 3 is 2.59 bits per heavy atom. The van der Waals surface area contributed by atoms with Crippen LogP contribution in [0, 0.1) is 5.92 Å². The van der Waals surface area contributed by atoms with Crippen molar-refractivity contribution < 1.29 is 32.3 Å². The van der Waals surface area contributed by atoms with E-state index in [1.165, 1.54) is 16.8 Å². The largest absolute Gasteiger partial charge is 0.530 e. The van der Waals surface area contributed by atoms with Crippen LogP contribution in [-0.2, 0) is 27.8 Å². The van der Waals surface area contributed by atoms with Gasteiger partial charge in [0.1, 0.15) is 18.1 Å². The molecule has 0 saturated carbocycles. The van der Waals surface area contributed by atoms with Gasteiger partial charge >= 0.3 is 13.5 Å². The Labute approximate surface area is 196 Å². The van der Waals surface area contributed by atoms with Crippen LogP contribution in [0.2, 0.25) is 0 Å². The lowest BCUT2D eigenvalue weighted by atomic mass is 10.1. The number of hydrogen-bond donors (Lipinski definition) is 1. The molecule has 2 fully saturated rings. The summed E-state index contributed by atoms with van der Waals surface area (Å²) in [5.74, 6) is 0.267. The van der Waals surface area contributed by atoms with Crippen molar-refractivity contribution in [3.8, 4) is 5.75 Å². The molecule has 1 aromatic carbocycles. The Morgan fingerprint density at radius 2 is 1.91 bits per heavy atom. The maximum atomic E-state index is 13.7. The van der Waals surface area contributed by atoms with Gasteiger partial charge in [-0.25, -0.2) is 9.36 Å². The average molecular weight is 496 g/mol. The molecule has 0 spiro atoms. The lowest BCUT2D eigenvalue weighted by Crippen LogP contribution is -2.33. The van der Waals surface area contributed by atoms with Crippen LogP contribution in [0.5, 0.6) is 5.75 Å². The fraction of sp³-hybridized carbons (Fsp3) is 0.545. The molecule has 4 rings (SSSR count). The standard InChI is InChI=1S/C22H29N2O9P/c1-3-18(21-28-11-12-29-21)33-34(27,32-16-7-5-4-6-8-16)30-14-17-13-15(2)20(31-17)24-10-9-19(25)23-22(24)26/h4-10,15,17-18,20-21H,3,11-14H2,1-2H3,(H,23,25,26)/t15-,17-,18+,20+,34?/m0/s1. The van der Waals surface area contributed by atoms with Gasteiger partial charge in [0.2, 0.25) is 0 Å². The van der Waals surface area contributed by atoms with Crippen LogP contribution in [0.25, 0.3) is 0 Å². The molecule has 1 N–H and O–H groups in total. The van der Waals surface area contributed by atoms with Gasteiger partial charge in [-0.05, 0) is 25.0 Å². The van der Waals surface area contributed by atoms with E-state index in [4.69, 9.17) is 27.8 Å². The Bertz CT molecular complexity index is 1100. The van der Waals surface area contributed by atoms with Crippen molar-refractivity contribution in [2.24, 2.45) is 5.92 Å². The van der Waals surface area contributed by atoms with E-state index in [0.717, 1.165) is 0 Å². The first-order valence-electron chi connectivity index (χ1n) is 11.2. The molecule has 12 heteroatoms. The molecule has 2 saturated heterocycles. The predicted molar refractivity (Wildman–Crippen MR) is 120 cm³/mol. The Kier molecular flexibility index (Phi) is 8.02. The highest BCUT2D eigenvalue weighted by Gasteiger charge is 2.40. The Hall–Kier alpha value is -2.27. The SMILES string of the molecule is CC[C@@H](OP(=O)(OC[C@@H]1C[C@H](C)[C@H](n2ccc(=O)[nH]c2=O)O1)Oc1ccccc1)C1OCCO1. The van der Waals surface area contributed by atoms with Gasteiger partial charge in [-0.3, -0.25) is 23.4 Å². The van der Waals surface area contributed by atoms with E-state index in [-0.39, 0.29) is 12.5 Å². The van der Waals surface area contributed by atoms with Crippen molar-refractivity contribution >= 4 is 7.82 Å². The normalized spacial score (nSPS) is 25.8. The maximum Gasteiger partial charge on any atom is 0.530 e. The van der Waals surface area contributed by atoms with E-state index in [1.807, 2.05) is 13.8 Å². The molecule has 2 aliphatic heterocycles. The van der Waals surface area contributed by atoms with Gasteiger partial charge in [0.15, 0.2) is 6.29 Å². The van der Waals surface area contributed by atoms with Gasteiger partial charge in [-0.1, -0.05) is 32.0 Å². The van der Waals surface area contributed by atoms with E-state index in [1.54, 1.807) is 30.3 Å². The molecule has 3 heterocycles. The first-order chi connectivity index (χ1) is 16.4. The van der Waals surface area contributed by atoms with Crippen LogP contribution in [0.3, 0.4) is 0 Å². The van der Waals surface area contributed by atoms with Crippen molar-refractivity contribution in [3.63, 3.8) is 0 Å².